The number of sulfonamides is 1. The maximum Gasteiger partial charge on any atom is 0.433 e. The first-order valence-corrected chi connectivity index (χ1v) is 13.1. The Balaban J connectivity index is 1.33. The molecule has 15 heteroatoms. The van der Waals surface area contributed by atoms with Crippen molar-refractivity contribution >= 4 is 33.4 Å². The molecule has 5 rings (SSSR count). The summed E-state index contributed by atoms with van der Waals surface area (Å²) in [6.07, 6.45) is -2.51. The van der Waals surface area contributed by atoms with Crippen LogP contribution >= 0.6 is 0 Å². The largest absolute Gasteiger partial charge is 0.433 e. The number of amides is 1. The fraction of sp³-hybridized carbons (Fsp3) is 0.545. The number of ether oxygens (including phenoxy) is 1. The third-order valence-corrected chi connectivity index (χ3v) is 8.85. The van der Waals surface area contributed by atoms with Crippen LogP contribution in [0.2, 0.25) is 0 Å². The second-order valence-corrected chi connectivity index (χ2v) is 11.5. The van der Waals surface area contributed by atoms with Crippen LogP contribution in [0.4, 0.5) is 30.6 Å². The van der Waals surface area contributed by atoms with Gasteiger partial charge in [-0.2, -0.15) is 22.5 Å². The van der Waals surface area contributed by atoms with Crippen molar-refractivity contribution in [3.05, 3.63) is 29.7 Å². The van der Waals surface area contributed by atoms with Crippen LogP contribution in [-0.4, -0.2) is 85.6 Å². The molecule has 3 aliphatic rings. The quantitative estimate of drug-likeness (QED) is 0.580. The molecule has 0 spiro atoms. The molecule has 11 nitrogen and oxygen atoms in total. The first-order valence-electron chi connectivity index (χ1n) is 11.6. The number of methoxy groups -OCH3 is 1. The maximum atomic E-state index is 13.3. The molecule has 1 atom stereocenters. The molecule has 1 fully saturated rings. The molecule has 0 unspecified atom stereocenters. The van der Waals surface area contributed by atoms with Crippen LogP contribution in [0, 0.1) is 0 Å². The van der Waals surface area contributed by atoms with Crippen molar-refractivity contribution in [3.8, 4) is 0 Å². The fourth-order valence-electron chi connectivity index (χ4n) is 4.82. The van der Waals surface area contributed by atoms with Crippen molar-refractivity contribution in [2.45, 2.75) is 42.4 Å². The highest BCUT2D eigenvalue weighted by Crippen LogP contribution is 2.43. The van der Waals surface area contributed by atoms with Gasteiger partial charge in [0.2, 0.25) is 16.0 Å². The van der Waals surface area contributed by atoms with Crippen LogP contribution in [0.3, 0.4) is 0 Å². The Labute approximate surface area is 211 Å². The molecule has 0 aliphatic carbocycles. The number of carbonyl (C=O) groups excluding carboxylic acids is 1. The van der Waals surface area contributed by atoms with Gasteiger partial charge in [-0.05, 0) is 31.9 Å². The zero-order chi connectivity index (χ0) is 26.8. The summed E-state index contributed by atoms with van der Waals surface area (Å²) in [6.45, 7) is 2.71. The van der Waals surface area contributed by atoms with E-state index in [2.05, 4.69) is 20.3 Å². The number of carbonyl (C=O) groups is 1. The third kappa shape index (κ3) is 4.18. The number of hydrogen-bond donors (Lipinski definition) is 1. The first-order chi connectivity index (χ1) is 17.4. The summed E-state index contributed by atoms with van der Waals surface area (Å²) in [5.41, 5.74) is -0.683. The highest BCUT2D eigenvalue weighted by Gasteiger charge is 2.49. The number of anilines is 3. The number of aryl methyl sites for hydroxylation is 1. The Morgan fingerprint density at radius 3 is 2.59 bits per heavy atom. The van der Waals surface area contributed by atoms with E-state index < -0.39 is 27.4 Å². The Morgan fingerprint density at radius 1 is 1.24 bits per heavy atom. The number of hydrogen-bond acceptors (Lipinski definition) is 9. The Morgan fingerprint density at radius 2 is 1.97 bits per heavy atom. The van der Waals surface area contributed by atoms with Crippen molar-refractivity contribution in [1.82, 2.24) is 19.3 Å². The van der Waals surface area contributed by atoms with Crippen molar-refractivity contribution in [2.75, 3.05) is 55.5 Å². The molecule has 200 valence electrons. The lowest BCUT2D eigenvalue weighted by Crippen LogP contribution is -2.64. The summed E-state index contributed by atoms with van der Waals surface area (Å²) in [6, 6.07) is 1.25. The molecule has 3 aliphatic heterocycles. The van der Waals surface area contributed by atoms with Crippen molar-refractivity contribution < 1.29 is 31.1 Å². The Hall–Kier alpha value is -3.04. The van der Waals surface area contributed by atoms with Crippen molar-refractivity contribution in [1.29, 1.82) is 0 Å². The normalized spacial score (nSPS) is 22.6. The van der Waals surface area contributed by atoms with E-state index in [1.807, 2.05) is 0 Å². The van der Waals surface area contributed by atoms with Gasteiger partial charge in [-0.1, -0.05) is 0 Å². The van der Waals surface area contributed by atoms with Crippen LogP contribution in [0.15, 0.2) is 23.2 Å². The zero-order valence-electron chi connectivity index (χ0n) is 20.4. The Bertz CT molecular complexity index is 1330. The molecule has 0 bridgehead atoms. The number of rotatable bonds is 6. The molecule has 0 aromatic carbocycles. The van der Waals surface area contributed by atoms with Gasteiger partial charge in [0, 0.05) is 40.0 Å². The summed E-state index contributed by atoms with van der Waals surface area (Å²) >= 11 is 0. The van der Waals surface area contributed by atoms with Gasteiger partial charge in [0.25, 0.3) is 5.91 Å². The second-order valence-electron chi connectivity index (χ2n) is 9.53. The summed E-state index contributed by atoms with van der Waals surface area (Å²) in [5, 5.41) is 3.16. The SMILES string of the molecule is COC[C@@]1(C)C(=O)N2CCCc3nc(NC4CN(S(=O)(=O)c5ccc(C(F)(F)F)nc5)C4)nc(c32)N1C. The van der Waals surface area contributed by atoms with E-state index in [0.29, 0.717) is 36.5 Å². The molecular weight excluding hydrogens is 515 g/mol. The number of nitrogens with zero attached hydrogens (tertiary/aromatic N) is 6. The molecule has 0 saturated carbocycles. The smallest absolute Gasteiger partial charge is 0.382 e. The molecule has 0 radical (unpaired) electrons. The predicted octanol–water partition coefficient (Wildman–Crippen LogP) is 1.51. The molecule has 37 heavy (non-hydrogen) atoms. The van der Waals surface area contributed by atoms with Gasteiger partial charge in [-0.3, -0.25) is 9.78 Å². The van der Waals surface area contributed by atoms with E-state index in [1.165, 1.54) is 7.11 Å². The highest BCUT2D eigenvalue weighted by atomic mass is 32.2. The number of nitrogens with one attached hydrogen (secondary N) is 1. The lowest BCUT2D eigenvalue weighted by molar-refractivity contribution is -0.141. The van der Waals surface area contributed by atoms with Gasteiger partial charge >= 0.3 is 6.18 Å². The average Bonchev–Trinajstić information content (AvgIpc) is 2.82. The molecule has 2 aromatic rings. The van der Waals surface area contributed by atoms with Gasteiger partial charge in [-0.15, -0.1) is 0 Å². The number of pyridine rings is 1. The van der Waals surface area contributed by atoms with Gasteiger partial charge in [0.1, 0.15) is 21.8 Å². The van der Waals surface area contributed by atoms with Crippen LogP contribution < -0.4 is 15.1 Å². The highest BCUT2D eigenvalue weighted by molar-refractivity contribution is 7.89. The van der Waals surface area contributed by atoms with Crippen LogP contribution in [-0.2, 0) is 32.2 Å². The summed E-state index contributed by atoms with van der Waals surface area (Å²) in [5.74, 6) is 0.827. The standard InChI is InChI=1S/C22H26F3N7O4S/c1-21(12-36-3)19(33)32-8-4-5-15-17(32)18(30(21)2)29-20(28-15)27-13-10-31(11-13)37(34,35)14-6-7-16(26-9-14)22(23,24)25/h6-7,9,13H,4-5,8,10-12H2,1-3H3,(H,27,28,29)/t21-/m0/s1. The average molecular weight is 542 g/mol. The van der Waals surface area contributed by atoms with Crippen molar-refractivity contribution in [2.24, 2.45) is 0 Å². The lowest BCUT2D eigenvalue weighted by Gasteiger charge is -2.48. The van der Waals surface area contributed by atoms with E-state index in [1.54, 1.807) is 23.8 Å². The van der Waals surface area contributed by atoms with E-state index in [4.69, 9.17) is 4.74 Å². The summed E-state index contributed by atoms with van der Waals surface area (Å²) < 4.78 is 70.3. The third-order valence-electron chi connectivity index (χ3n) is 7.04. The molecule has 1 N–H and O–H groups in total. The zero-order valence-corrected chi connectivity index (χ0v) is 21.2. The van der Waals surface area contributed by atoms with Crippen LogP contribution in [0.5, 0.6) is 0 Å². The summed E-state index contributed by atoms with van der Waals surface area (Å²) in [4.78, 5) is 29.0. The topological polar surface area (TPSA) is 121 Å². The minimum atomic E-state index is -4.65. The molecule has 2 aromatic heterocycles. The molecule has 5 heterocycles. The first kappa shape index (κ1) is 25.6. The molecular formula is C22H26F3N7O4S. The molecule has 1 saturated heterocycles. The minimum Gasteiger partial charge on any atom is -0.382 e. The monoisotopic (exact) mass is 541 g/mol. The molecule has 1 amide bonds. The minimum absolute atomic E-state index is 0.0767. The fourth-order valence-corrected chi connectivity index (χ4v) is 6.30. The number of likely N-dealkylation sites (N-methyl/N-ethyl adjacent to an activating group) is 1. The van der Waals surface area contributed by atoms with Crippen LogP contribution in [0.25, 0.3) is 0 Å². The van der Waals surface area contributed by atoms with Gasteiger partial charge < -0.3 is 19.9 Å². The summed E-state index contributed by atoms with van der Waals surface area (Å²) in [7, 11) is -0.677. The Kier molecular flexibility index (Phi) is 6.07. The van der Waals surface area contributed by atoms with E-state index in [-0.39, 0.29) is 36.5 Å². The number of aromatic nitrogens is 3. The van der Waals surface area contributed by atoms with Crippen molar-refractivity contribution in [3.63, 3.8) is 0 Å². The lowest BCUT2D eigenvalue weighted by atomic mass is 9.93. The van der Waals surface area contributed by atoms with E-state index >= 15 is 0 Å². The van der Waals surface area contributed by atoms with Gasteiger partial charge in [-0.25, -0.2) is 13.4 Å². The van der Waals surface area contributed by atoms with E-state index in [9.17, 15) is 26.4 Å². The number of alkyl halides is 3. The maximum absolute atomic E-state index is 13.3. The van der Waals surface area contributed by atoms with Gasteiger partial charge in [0.15, 0.2) is 5.82 Å². The second kappa shape index (κ2) is 8.77. The van der Waals surface area contributed by atoms with Gasteiger partial charge in [0.05, 0.1) is 18.3 Å². The van der Waals surface area contributed by atoms with E-state index in [0.717, 1.165) is 28.7 Å². The van der Waals surface area contributed by atoms with Crippen LogP contribution in [0.1, 0.15) is 24.7 Å². The number of halogens is 3. The predicted molar refractivity (Wildman–Crippen MR) is 127 cm³/mol.